The summed E-state index contributed by atoms with van der Waals surface area (Å²) in [6.45, 7) is 3.52. The molecule has 0 fully saturated rings. The van der Waals surface area contributed by atoms with Crippen LogP contribution in [0.1, 0.15) is 28.5 Å². The normalized spacial score (nSPS) is 13.8. The molecule has 2 aromatic heterocycles. The van der Waals surface area contributed by atoms with E-state index in [1.54, 1.807) is 45.0 Å². The zero-order valence-corrected chi connectivity index (χ0v) is 13.3. The van der Waals surface area contributed by atoms with Gasteiger partial charge in [-0.25, -0.2) is 0 Å². The minimum Gasteiger partial charge on any atom is -0.383 e. The van der Waals surface area contributed by atoms with E-state index in [4.69, 9.17) is 0 Å². The molecule has 0 aliphatic rings. The van der Waals surface area contributed by atoms with Crippen LogP contribution in [0.5, 0.6) is 0 Å². The molecule has 21 heavy (non-hydrogen) atoms. The van der Waals surface area contributed by atoms with Crippen molar-refractivity contribution in [1.82, 2.24) is 19.5 Å². The van der Waals surface area contributed by atoms with Crippen LogP contribution in [-0.4, -0.2) is 38.8 Å². The summed E-state index contributed by atoms with van der Waals surface area (Å²) in [4.78, 5) is 12.3. The minimum atomic E-state index is -1.18. The summed E-state index contributed by atoms with van der Waals surface area (Å²) in [6.07, 6.45) is 3.31. The zero-order valence-electron chi connectivity index (χ0n) is 12.5. The maximum Gasteiger partial charge on any atom is 0.256 e. The third-order valence-corrected chi connectivity index (χ3v) is 4.19. The van der Waals surface area contributed by atoms with Crippen LogP contribution in [0.25, 0.3) is 0 Å². The molecule has 0 aliphatic heterocycles. The largest absolute Gasteiger partial charge is 0.383 e. The van der Waals surface area contributed by atoms with Gasteiger partial charge in [-0.3, -0.25) is 9.48 Å². The van der Waals surface area contributed by atoms with E-state index in [2.05, 4.69) is 20.1 Å². The van der Waals surface area contributed by atoms with E-state index in [-0.39, 0.29) is 12.5 Å². The molecule has 0 aromatic carbocycles. The second-order valence-corrected chi connectivity index (χ2v) is 5.85. The third-order valence-electron chi connectivity index (χ3n) is 3.24. The van der Waals surface area contributed by atoms with Gasteiger partial charge in [-0.1, -0.05) is 0 Å². The molecule has 114 valence electrons. The van der Waals surface area contributed by atoms with E-state index in [0.717, 1.165) is 0 Å². The van der Waals surface area contributed by atoms with Crippen molar-refractivity contribution in [1.29, 1.82) is 0 Å². The lowest BCUT2D eigenvalue weighted by Gasteiger charge is -2.22. The fourth-order valence-electron chi connectivity index (χ4n) is 1.95. The van der Waals surface area contributed by atoms with Crippen LogP contribution in [-0.2, 0) is 12.6 Å². The maximum atomic E-state index is 12.3. The van der Waals surface area contributed by atoms with Crippen LogP contribution < -0.4 is 10.6 Å². The predicted octanol–water partition coefficient (Wildman–Crippen LogP) is 0.864. The number of aryl methyl sites for hydroxylation is 2. The first kappa shape index (κ1) is 15.5. The lowest BCUT2D eigenvalue weighted by atomic mass is 9.99. The molecule has 3 N–H and O–H groups in total. The number of amides is 1. The first-order valence-corrected chi connectivity index (χ1v) is 7.26. The van der Waals surface area contributed by atoms with Crippen LogP contribution in [0.15, 0.2) is 12.4 Å². The SMILES string of the molecule is CNc1snc(C)c1C(=O)NCC(C)(O)c1cnn(C)c1. The standard InChI is InChI=1S/C13H19N5O2S/c1-8-10(12(14-3)21-17-8)11(19)15-7-13(2,20)9-5-16-18(4)6-9/h5-6,14,20H,7H2,1-4H3,(H,15,19). The van der Waals surface area contributed by atoms with Gasteiger partial charge in [0, 0.05) is 25.9 Å². The Morgan fingerprint density at radius 3 is 2.86 bits per heavy atom. The van der Waals surface area contributed by atoms with E-state index in [0.29, 0.717) is 21.8 Å². The van der Waals surface area contributed by atoms with E-state index < -0.39 is 5.60 Å². The van der Waals surface area contributed by atoms with Crippen LogP contribution in [0.4, 0.5) is 5.00 Å². The summed E-state index contributed by atoms with van der Waals surface area (Å²) in [5, 5.41) is 20.9. The molecule has 0 radical (unpaired) electrons. The number of nitrogens with one attached hydrogen (secondary N) is 2. The van der Waals surface area contributed by atoms with Crippen molar-refractivity contribution >= 4 is 22.4 Å². The van der Waals surface area contributed by atoms with Crippen LogP contribution in [0, 0.1) is 6.92 Å². The third kappa shape index (κ3) is 3.22. The highest BCUT2D eigenvalue weighted by Crippen LogP contribution is 2.24. The van der Waals surface area contributed by atoms with Crippen molar-refractivity contribution in [3.05, 3.63) is 29.2 Å². The Labute approximate surface area is 127 Å². The van der Waals surface area contributed by atoms with Gasteiger partial charge in [-0.15, -0.1) is 0 Å². The van der Waals surface area contributed by atoms with Gasteiger partial charge in [0.25, 0.3) is 5.91 Å². The maximum absolute atomic E-state index is 12.3. The Balaban J connectivity index is 2.08. The molecule has 0 spiro atoms. The Morgan fingerprint density at radius 2 is 2.29 bits per heavy atom. The first-order chi connectivity index (χ1) is 9.85. The van der Waals surface area contributed by atoms with Gasteiger partial charge in [0.1, 0.15) is 10.6 Å². The Kier molecular flexibility index (Phi) is 4.29. The van der Waals surface area contributed by atoms with E-state index >= 15 is 0 Å². The van der Waals surface area contributed by atoms with Crippen molar-refractivity contribution in [2.75, 3.05) is 18.9 Å². The van der Waals surface area contributed by atoms with Gasteiger partial charge in [-0.05, 0) is 25.4 Å². The number of carbonyl (C=O) groups is 1. The highest BCUT2D eigenvalue weighted by molar-refractivity contribution is 7.10. The number of anilines is 1. The lowest BCUT2D eigenvalue weighted by Crippen LogP contribution is -2.38. The van der Waals surface area contributed by atoms with E-state index in [9.17, 15) is 9.90 Å². The topological polar surface area (TPSA) is 92.1 Å². The first-order valence-electron chi connectivity index (χ1n) is 6.49. The van der Waals surface area contributed by atoms with Crippen molar-refractivity contribution in [2.24, 2.45) is 7.05 Å². The Hall–Kier alpha value is -1.93. The molecular formula is C13H19N5O2S. The van der Waals surface area contributed by atoms with Crippen LogP contribution in [0.2, 0.25) is 0 Å². The molecule has 0 aliphatic carbocycles. The fourth-order valence-corrected chi connectivity index (χ4v) is 2.69. The number of aliphatic hydroxyl groups is 1. The quantitative estimate of drug-likeness (QED) is 0.762. The molecule has 1 amide bonds. The molecule has 0 bridgehead atoms. The highest BCUT2D eigenvalue weighted by Gasteiger charge is 2.27. The summed E-state index contributed by atoms with van der Waals surface area (Å²) in [6, 6.07) is 0. The van der Waals surface area contributed by atoms with Crippen LogP contribution >= 0.6 is 11.5 Å². The van der Waals surface area contributed by atoms with Crippen LogP contribution in [0.3, 0.4) is 0 Å². The zero-order chi connectivity index (χ0) is 15.6. The summed E-state index contributed by atoms with van der Waals surface area (Å²) < 4.78 is 5.77. The average molecular weight is 309 g/mol. The molecule has 0 saturated heterocycles. The second kappa shape index (κ2) is 5.82. The number of nitrogens with zero attached hydrogens (tertiary/aromatic N) is 3. The Bertz CT molecular complexity index is 647. The molecule has 0 saturated carbocycles. The second-order valence-electron chi connectivity index (χ2n) is 5.08. The monoisotopic (exact) mass is 309 g/mol. The summed E-state index contributed by atoms with van der Waals surface area (Å²) in [5.41, 5.74) is 0.660. The molecule has 8 heteroatoms. The molecule has 2 rings (SSSR count). The number of carbonyl (C=O) groups excluding carboxylic acids is 1. The molecule has 1 unspecified atom stereocenters. The van der Waals surface area contributed by atoms with Crippen molar-refractivity contribution < 1.29 is 9.90 Å². The number of hydrogen-bond donors (Lipinski definition) is 3. The molecular weight excluding hydrogens is 290 g/mol. The van der Waals surface area contributed by atoms with E-state index in [1.807, 2.05) is 0 Å². The van der Waals surface area contributed by atoms with Gasteiger partial charge < -0.3 is 15.7 Å². The van der Waals surface area contributed by atoms with Crippen molar-refractivity contribution in [2.45, 2.75) is 19.4 Å². The summed E-state index contributed by atoms with van der Waals surface area (Å²) in [5.74, 6) is -0.255. The number of aromatic nitrogens is 3. The number of hydrogen-bond acceptors (Lipinski definition) is 6. The van der Waals surface area contributed by atoms with Gasteiger partial charge in [0.05, 0.1) is 24.0 Å². The Morgan fingerprint density at radius 1 is 1.57 bits per heavy atom. The van der Waals surface area contributed by atoms with Crippen molar-refractivity contribution in [3.63, 3.8) is 0 Å². The van der Waals surface area contributed by atoms with Crippen molar-refractivity contribution in [3.8, 4) is 0 Å². The predicted molar refractivity (Wildman–Crippen MR) is 81.5 cm³/mol. The molecule has 7 nitrogen and oxygen atoms in total. The number of rotatable bonds is 5. The van der Waals surface area contributed by atoms with E-state index in [1.165, 1.54) is 11.5 Å². The molecule has 1 atom stereocenters. The minimum absolute atomic E-state index is 0.0932. The average Bonchev–Trinajstić information content (AvgIpc) is 3.02. The van der Waals surface area contributed by atoms with Gasteiger partial charge in [-0.2, -0.15) is 9.47 Å². The highest BCUT2D eigenvalue weighted by atomic mass is 32.1. The van der Waals surface area contributed by atoms with Gasteiger partial charge in [0.15, 0.2) is 0 Å². The molecule has 2 aromatic rings. The van der Waals surface area contributed by atoms with Gasteiger partial charge in [0.2, 0.25) is 0 Å². The molecule has 2 heterocycles. The fraction of sp³-hybridized carbons (Fsp3) is 0.462. The smallest absolute Gasteiger partial charge is 0.256 e. The van der Waals surface area contributed by atoms with Gasteiger partial charge >= 0.3 is 0 Å². The summed E-state index contributed by atoms with van der Waals surface area (Å²) in [7, 11) is 3.52. The summed E-state index contributed by atoms with van der Waals surface area (Å²) >= 11 is 1.24. The lowest BCUT2D eigenvalue weighted by molar-refractivity contribution is 0.0526.